The number of hydrogen-bond donors (Lipinski definition) is 0. The van der Waals surface area contributed by atoms with Crippen molar-refractivity contribution in [2.45, 2.75) is 6.10 Å². The number of esters is 2. The molecule has 130 valence electrons. The summed E-state index contributed by atoms with van der Waals surface area (Å²) in [6, 6.07) is 14.0. The molecular formula is C17H15NO7. The van der Waals surface area contributed by atoms with E-state index in [2.05, 4.69) is 4.74 Å². The Hall–Kier alpha value is -3.42. The van der Waals surface area contributed by atoms with Gasteiger partial charge in [-0.1, -0.05) is 42.5 Å². The predicted octanol–water partition coefficient (Wildman–Crippen LogP) is 2.43. The third-order valence-corrected chi connectivity index (χ3v) is 3.17. The number of nitrogens with zero attached hydrogens (tertiary/aromatic N) is 1. The Kier molecular flexibility index (Phi) is 6.05. The second-order valence-corrected chi connectivity index (χ2v) is 4.82. The van der Waals surface area contributed by atoms with Crippen LogP contribution in [0.5, 0.6) is 5.75 Å². The third-order valence-electron chi connectivity index (χ3n) is 3.17. The molecule has 0 saturated heterocycles. The van der Waals surface area contributed by atoms with E-state index in [0.717, 1.165) is 0 Å². The largest absolute Gasteiger partial charge is 0.475 e. The monoisotopic (exact) mass is 345 g/mol. The van der Waals surface area contributed by atoms with Crippen LogP contribution in [0.3, 0.4) is 0 Å². The van der Waals surface area contributed by atoms with Crippen molar-refractivity contribution in [3.05, 3.63) is 70.3 Å². The minimum Gasteiger partial charge on any atom is -0.475 e. The molecule has 0 N–H and O–H groups in total. The molecule has 0 aliphatic heterocycles. The maximum absolute atomic E-state index is 12.0. The van der Waals surface area contributed by atoms with Crippen molar-refractivity contribution < 1.29 is 28.7 Å². The van der Waals surface area contributed by atoms with E-state index in [1.165, 1.54) is 31.4 Å². The number of carbonyl (C=O) groups is 2. The van der Waals surface area contributed by atoms with Crippen LogP contribution < -0.4 is 4.74 Å². The van der Waals surface area contributed by atoms with Crippen LogP contribution in [0.15, 0.2) is 54.6 Å². The Morgan fingerprint density at radius 1 is 1.08 bits per heavy atom. The zero-order valence-electron chi connectivity index (χ0n) is 13.3. The van der Waals surface area contributed by atoms with Crippen LogP contribution in [0.4, 0.5) is 5.69 Å². The third kappa shape index (κ3) is 4.77. The van der Waals surface area contributed by atoms with Gasteiger partial charge in [0, 0.05) is 11.6 Å². The average molecular weight is 345 g/mol. The molecule has 0 bridgehead atoms. The van der Waals surface area contributed by atoms with Gasteiger partial charge in [0.25, 0.3) is 0 Å². The van der Waals surface area contributed by atoms with E-state index in [-0.39, 0.29) is 11.4 Å². The van der Waals surface area contributed by atoms with Gasteiger partial charge in [0.05, 0.1) is 12.0 Å². The first-order valence-corrected chi connectivity index (χ1v) is 7.21. The van der Waals surface area contributed by atoms with Crippen molar-refractivity contribution in [2.24, 2.45) is 0 Å². The van der Waals surface area contributed by atoms with Crippen LogP contribution >= 0.6 is 0 Å². The molecule has 1 atom stereocenters. The topological polar surface area (TPSA) is 105 Å². The Bertz CT molecular complexity index is 761. The van der Waals surface area contributed by atoms with Crippen LogP contribution in [0.1, 0.15) is 11.7 Å². The molecule has 0 fully saturated rings. The summed E-state index contributed by atoms with van der Waals surface area (Å²) < 4.78 is 14.9. The standard InChI is InChI=1S/C17H15NO7/c1-23-17(20)16(12-7-3-2-4-8-12)25-15(19)11-24-14-10-6-5-9-13(14)18(21)22/h2-10,16H,11H2,1H3. The molecule has 0 aromatic heterocycles. The molecule has 8 heteroatoms. The molecule has 0 spiro atoms. The van der Waals surface area contributed by atoms with E-state index < -0.39 is 29.6 Å². The van der Waals surface area contributed by atoms with Gasteiger partial charge >= 0.3 is 17.6 Å². The molecule has 0 heterocycles. The summed E-state index contributed by atoms with van der Waals surface area (Å²) in [7, 11) is 1.18. The van der Waals surface area contributed by atoms with Gasteiger partial charge in [-0.3, -0.25) is 10.1 Å². The Morgan fingerprint density at radius 3 is 2.36 bits per heavy atom. The zero-order valence-corrected chi connectivity index (χ0v) is 13.3. The minimum atomic E-state index is -1.24. The molecule has 2 aromatic carbocycles. The van der Waals surface area contributed by atoms with Gasteiger partial charge in [0.15, 0.2) is 12.4 Å². The van der Waals surface area contributed by atoms with Crippen LogP contribution in [-0.2, 0) is 19.1 Å². The van der Waals surface area contributed by atoms with Gasteiger partial charge in [0.2, 0.25) is 6.10 Å². The van der Waals surface area contributed by atoms with Gasteiger partial charge in [-0.2, -0.15) is 0 Å². The Balaban J connectivity index is 2.05. The van der Waals surface area contributed by atoms with Crippen LogP contribution in [-0.4, -0.2) is 30.6 Å². The molecule has 0 aliphatic carbocycles. The van der Waals surface area contributed by atoms with Crippen molar-refractivity contribution in [1.29, 1.82) is 0 Å². The van der Waals surface area contributed by atoms with E-state index in [1.54, 1.807) is 30.3 Å². The number of hydrogen-bond acceptors (Lipinski definition) is 7. The highest BCUT2D eigenvalue weighted by atomic mass is 16.6. The first-order chi connectivity index (χ1) is 12.0. The van der Waals surface area contributed by atoms with Gasteiger partial charge in [-0.05, 0) is 6.07 Å². The van der Waals surface area contributed by atoms with Crippen LogP contribution in [0.25, 0.3) is 0 Å². The van der Waals surface area contributed by atoms with E-state index >= 15 is 0 Å². The minimum absolute atomic E-state index is 0.0706. The molecule has 0 radical (unpaired) electrons. The summed E-state index contributed by atoms with van der Waals surface area (Å²) >= 11 is 0. The fourth-order valence-corrected chi connectivity index (χ4v) is 2.02. The molecule has 0 amide bonds. The molecule has 25 heavy (non-hydrogen) atoms. The van der Waals surface area contributed by atoms with Gasteiger partial charge in [-0.15, -0.1) is 0 Å². The SMILES string of the molecule is COC(=O)C(OC(=O)COc1ccccc1[N+](=O)[O-])c1ccccc1. The molecule has 0 saturated carbocycles. The average Bonchev–Trinajstić information content (AvgIpc) is 2.64. The lowest BCUT2D eigenvalue weighted by Gasteiger charge is -2.16. The first kappa shape index (κ1) is 17.9. The summed E-state index contributed by atoms with van der Waals surface area (Å²) in [6.45, 7) is -0.592. The van der Waals surface area contributed by atoms with Crippen molar-refractivity contribution in [3.63, 3.8) is 0 Å². The van der Waals surface area contributed by atoms with Gasteiger partial charge < -0.3 is 14.2 Å². The first-order valence-electron chi connectivity index (χ1n) is 7.21. The van der Waals surface area contributed by atoms with Crippen molar-refractivity contribution in [2.75, 3.05) is 13.7 Å². The summed E-state index contributed by atoms with van der Waals surface area (Å²) in [5.41, 5.74) is 0.163. The van der Waals surface area contributed by atoms with E-state index in [1.807, 2.05) is 0 Å². The second kappa shape index (κ2) is 8.44. The lowest BCUT2D eigenvalue weighted by molar-refractivity contribution is -0.385. The second-order valence-electron chi connectivity index (χ2n) is 4.82. The smallest absolute Gasteiger partial charge is 0.351 e. The highest BCUT2D eigenvalue weighted by molar-refractivity contribution is 5.81. The van der Waals surface area contributed by atoms with Gasteiger partial charge in [-0.25, -0.2) is 9.59 Å². The normalized spacial score (nSPS) is 11.2. The van der Waals surface area contributed by atoms with Gasteiger partial charge in [0.1, 0.15) is 0 Å². The maximum Gasteiger partial charge on any atom is 0.351 e. The number of para-hydroxylation sites is 2. The number of nitro groups is 1. The highest BCUT2D eigenvalue weighted by Gasteiger charge is 2.26. The molecular weight excluding hydrogens is 330 g/mol. The van der Waals surface area contributed by atoms with Crippen LogP contribution in [0.2, 0.25) is 0 Å². The number of ether oxygens (including phenoxy) is 3. The number of carbonyl (C=O) groups excluding carboxylic acids is 2. The molecule has 0 aliphatic rings. The van der Waals surface area contributed by atoms with E-state index in [4.69, 9.17) is 9.47 Å². The van der Waals surface area contributed by atoms with E-state index in [0.29, 0.717) is 5.56 Å². The van der Waals surface area contributed by atoms with Crippen molar-refractivity contribution in [3.8, 4) is 5.75 Å². The molecule has 1 unspecified atom stereocenters. The van der Waals surface area contributed by atoms with Crippen LogP contribution in [0, 0.1) is 10.1 Å². The quantitative estimate of drug-likeness (QED) is 0.431. The fraction of sp³-hybridized carbons (Fsp3) is 0.176. The summed E-state index contributed by atoms with van der Waals surface area (Å²) in [6.07, 6.45) is -1.24. The molecule has 2 rings (SSSR count). The highest BCUT2D eigenvalue weighted by Crippen LogP contribution is 2.26. The Labute approximate surface area is 143 Å². The maximum atomic E-state index is 12.0. The lowest BCUT2D eigenvalue weighted by atomic mass is 10.1. The molecule has 2 aromatic rings. The zero-order chi connectivity index (χ0) is 18.2. The lowest BCUT2D eigenvalue weighted by Crippen LogP contribution is -2.24. The summed E-state index contributed by atoms with van der Waals surface area (Å²) in [5.74, 6) is -1.68. The summed E-state index contributed by atoms with van der Waals surface area (Å²) in [5, 5.41) is 10.9. The predicted molar refractivity (Wildman–Crippen MR) is 85.9 cm³/mol. The van der Waals surface area contributed by atoms with Crippen molar-refractivity contribution >= 4 is 17.6 Å². The number of methoxy groups -OCH3 is 1. The summed E-state index contributed by atoms with van der Waals surface area (Å²) in [4.78, 5) is 34.1. The number of nitro benzene ring substituents is 1. The van der Waals surface area contributed by atoms with Crippen molar-refractivity contribution in [1.82, 2.24) is 0 Å². The van der Waals surface area contributed by atoms with E-state index in [9.17, 15) is 19.7 Å². The Morgan fingerprint density at radius 2 is 1.72 bits per heavy atom. The molecule has 8 nitrogen and oxygen atoms in total. The number of benzene rings is 2. The number of rotatable bonds is 7. The fourth-order valence-electron chi connectivity index (χ4n) is 2.02.